The van der Waals surface area contributed by atoms with Gasteiger partial charge in [-0.05, 0) is 33.0 Å². The van der Waals surface area contributed by atoms with Crippen LogP contribution in [-0.4, -0.2) is 28.6 Å². The van der Waals surface area contributed by atoms with E-state index in [1.807, 2.05) is 37.9 Å². The Bertz CT molecular complexity index is 376. The molecule has 0 radical (unpaired) electrons. The van der Waals surface area contributed by atoms with Gasteiger partial charge in [-0.3, -0.25) is 9.69 Å². The van der Waals surface area contributed by atoms with Crippen molar-refractivity contribution in [2.24, 2.45) is 0 Å². The van der Waals surface area contributed by atoms with Crippen LogP contribution in [0.25, 0.3) is 0 Å². The molecule has 16 heavy (non-hydrogen) atoms. The maximum Gasteiger partial charge on any atom is 0.305 e. The number of carbonyl (C=O) groups is 1. The molecule has 0 amide bonds. The summed E-state index contributed by atoms with van der Waals surface area (Å²) in [4.78, 5) is 13.9. The zero-order valence-corrected chi connectivity index (χ0v) is 11.2. The Morgan fingerprint density at radius 2 is 2.19 bits per heavy atom. The number of aliphatic carboxylic acids is 1. The number of nitrogens with zero attached hydrogens (tertiary/aromatic N) is 1. The first-order valence-corrected chi connectivity index (χ1v) is 6.18. The van der Waals surface area contributed by atoms with E-state index in [2.05, 4.69) is 0 Å². The molecule has 0 saturated carbocycles. The van der Waals surface area contributed by atoms with Crippen LogP contribution in [0, 0.1) is 0 Å². The molecule has 0 aliphatic rings. The highest BCUT2D eigenvalue weighted by atomic mass is 35.5. The summed E-state index contributed by atoms with van der Waals surface area (Å²) < 4.78 is 0.763. The Labute approximate surface area is 105 Å². The van der Waals surface area contributed by atoms with Gasteiger partial charge in [0.2, 0.25) is 0 Å². The molecule has 90 valence electrons. The van der Waals surface area contributed by atoms with Crippen LogP contribution < -0.4 is 0 Å². The van der Waals surface area contributed by atoms with Crippen molar-refractivity contribution in [2.75, 3.05) is 7.05 Å². The summed E-state index contributed by atoms with van der Waals surface area (Å²) in [7, 11) is 1.93. The zero-order chi connectivity index (χ0) is 12.3. The van der Waals surface area contributed by atoms with E-state index >= 15 is 0 Å². The average molecular weight is 262 g/mol. The van der Waals surface area contributed by atoms with Crippen molar-refractivity contribution < 1.29 is 9.90 Å². The van der Waals surface area contributed by atoms with Gasteiger partial charge in [-0.2, -0.15) is 0 Å². The highest BCUT2D eigenvalue weighted by Gasteiger charge is 2.26. The highest BCUT2D eigenvalue weighted by Crippen LogP contribution is 2.25. The Kier molecular flexibility index (Phi) is 4.35. The summed E-state index contributed by atoms with van der Waals surface area (Å²) >= 11 is 7.38. The van der Waals surface area contributed by atoms with Gasteiger partial charge in [-0.15, -0.1) is 11.3 Å². The van der Waals surface area contributed by atoms with Crippen molar-refractivity contribution >= 4 is 28.9 Å². The van der Waals surface area contributed by atoms with Gasteiger partial charge >= 0.3 is 5.97 Å². The predicted molar refractivity (Wildman–Crippen MR) is 67.1 cm³/mol. The minimum atomic E-state index is -0.777. The molecule has 0 atom stereocenters. The fourth-order valence-electron chi connectivity index (χ4n) is 1.39. The van der Waals surface area contributed by atoms with E-state index in [9.17, 15) is 4.79 Å². The maximum atomic E-state index is 10.7. The summed E-state index contributed by atoms with van der Waals surface area (Å²) in [6.45, 7) is 4.57. The van der Waals surface area contributed by atoms with Crippen LogP contribution in [0.4, 0.5) is 0 Å². The summed E-state index contributed by atoms with van der Waals surface area (Å²) in [5.41, 5.74) is -0.359. The van der Waals surface area contributed by atoms with E-state index in [1.54, 1.807) is 0 Å². The van der Waals surface area contributed by atoms with Crippen molar-refractivity contribution in [2.45, 2.75) is 32.4 Å². The summed E-state index contributed by atoms with van der Waals surface area (Å²) in [5.74, 6) is -0.777. The number of rotatable bonds is 5. The lowest BCUT2D eigenvalue weighted by atomic mass is 9.99. The Balaban J connectivity index is 2.63. The summed E-state index contributed by atoms with van der Waals surface area (Å²) in [6.07, 6.45) is 0.128. The third-order valence-corrected chi connectivity index (χ3v) is 3.85. The van der Waals surface area contributed by atoms with Crippen LogP contribution >= 0.6 is 22.9 Å². The summed E-state index contributed by atoms with van der Waals surface area (Å²) in [6, 6.07) is 3.83. The van der Waals surface area contributed by atoms with E-state index < -0.39 is 5.97 Å². The molecular weight excluding hydrogens is 246 g/mol. The number of thiophene rings is 1. The van der Waals surface area contributed by atoms with Gasteiger partial charge in [0, 0.05) is 17.0 Å². The van der Waals surface area contributed by atoms with Gasteiger partial charge < -0.3 is 5.11 Å². The normalized spacial score (nSPS) is 12.1. The van der Waals surface area contributed by atoms with Crippen LogP contribution in [0.3, 0.4) is 0 Å². The molecular formula is C11H16ClNO2S. The zero-order valence-electron chi connectivity index (χ0n) is 9.66. The van der Waals surface area contributed by atoms with Gasteiger partial charge in [0.1, 0.15) is 0 Å². The second-order valence-corrected chi connectivity index (χ2v) is 6.24. The molecule has 0 fully saturated rings. The number of carboxylic acids is 1. The van der Waals surface area contributed by atoms with Crippen LogP contribution in [-0.2, 0) is 11.3 Å². The first kappa shape index (κ1) is 13.5. The SMILES string of the molecule is CN(Cc1ccc(Cl)s1)C(C)(C)CC(=O)O. The van der Waals surface area contributed by atoms with Crippen molar-refractivity contribution in [3.05, 3.63) is 21.3 Å². The van der Waals surface area contributed by atoms with E-state index in [-0.39, 0.29) is 12.0 Å². The first-order chi connectivity index (χ1) is 7.31. The van der Waals surface area contributed by atoms with Crippen molar-refractivity contribution in [1.82, 2.24) is 4.90 Å². The number of halogens is 1. The monoisotopic (exact) mass is 261 g/mol. The molecule has 0 aliphatic heterocycles. The lowest BCUT2D eigenvalue weighted by Gasteiger charge is -2.34. The molecule has 5 heteroatoms. The molecule has 0 spiro atoms. The van der Waals surface area contributed by atoms with Crippen LogP contribution in [0.1, 0.15) is 25.1 Å². The molecule has 1 rings (SSSR count). The molecule has 1 heterocycles. The van der Waals surface area contributed by atoms with E-state index in [0.717, 1.165) is 15.8 Å². The maximum absolute atomic E-state index is 10.7. The van der Waals surface area contributed by atoms with Crippen molar-refractivity contribution in [3.63, 3.8) is 0 Å². The quantitative estimate of drug-likeness (QED) is 0.886. The third-order valence-electron chi connectivity index (χ3n) is 2.64. The summed E-state index contributed by atoms with van der Waals surface area (Å²) in [5, 5.41) is 8.82. The predicted octanol–water partition coefficient (Wildman–Crippen LogP) is 3.09. The van der Waals surface area contributed by atoms with Gasteiger partial charge in [0.15, 0.2) is 0 Å². The van der Waals surface area contributed by atoms with Crippen molar-refractivity contribution in [3.8, 4) is 0 Å². The van der Waals surface area contributed by atoms with Gasteiger partial charge in [-0.1, -0.05) is 11.6 Å². The van der Waals surface area contributed by atoms with Crippen LogP contribution in [0.5, 0.6) is 0 Å². The smallest absolute Gasteiger partial charge is 0.305 e. The third kappa shape index (κ3) is 3.77. The van der Waals surface area contributed by atoms with E-state index in [1.165, 1.54) is 11.3 Å². The Morgan fingerprint density at radius 1 is 1.56 bits per heavy atom. The Hall–Kier alpha value is -0.580. The molecule has 0 bridgehead atoms. The molecule has 1 aromatic heterocycles. The van der Waals surface area contributed by atoms with E-state index in [0.29, 0.717) is 0 Å². The van der Waals surface area contributed by atoms with Crippen LogP contribution in [0.15, 0.2) is 12.1 Å². The molecule has 0 saturated heterocycles. The minimum absolute atomic E-state index is 0.128. The fourth-order valence-corrected chi connectivity index (χ4v) is 2.53. The average Bonchev–Trinajstić information content (AvgIpc) is 2.48. The van der Waals surface area contributed by atoms with Gasteiger partial charge in [0.25, 0.3) is 0 Å². The molecule has 1 N–H and O–H groups in total. The molecule has 3 nitrogen and oxygen atoms in total. The second-order valence-electron chi connectivity index (χ2n) is 4.44. The highest BCUT2D eigenvalue weighted by molar-refractivity contribution is 7.16. The molecule has 0 aromatic carbocycles. The molecule has 1 aromatic rings. The Morgan fingerprint density at radius 3 is 2.62 bits per heavy atom. The largest absolute Gasteiger partial charge is 0.481 e. The lowest BCUT2D eigenvalue weighted by molar-refractivity contribution is -0.139. The topological polar surface area (TPSA) is 40.5 Å². The number of hydrogen-bond acceptors (Lipinski definition) is 3. The van der Waals surface area contributed by atoms with Crippen LogP contribution in [0.2, 0.25) is 4.34 Å². The standard InChI is InChI=1S/C11H16ClNO2S/c1-11(2,6-10(14)15)13(3)7-8-4-5-9(12)16-8/h4-5H,6-7H2,1-3H3,(H,14,15). The van der Waals surface area contributed by atoms with Gasteiger partial charge in [0.05, 0.1) is 10.8 Å². The second kappa shape index (κ2) is 5.17. The lowest BCUT2D eigenvalue weighted by Crippen LogP contribution is -2.42. The molecule has 0 aliphatic carbocycles. The first-order valence-electron chi connectivity index (χ1n) is 4.98. The van der Waals surface area contributed by atoms with Gasteiger partial charge in [-0.25, -0.2) is 0 Å². The number of carboxylic acid groups (broad SMARTS) is 1. The fraction of sp³-hybridized carbons (Fsp3) is 0.545. The minimum Gasteiger partial charge on any atom is -0.481 e. The number of hydrogen-bond donors (Lipinski definition) is 1. The molecule has 0 unspecified atom stereocenters. The van der Waals surface area contributed by atoms with Crippen molar-refractivity contribution in [1.29, 1.82) is 0 Å². The van der Waals surface area contributed by atoms with E-state index in [4.69, 9.17) is 16.7 Å².